The number of carbonyl (C=O) groups excluding carboxylic acids is 2. The lowest BCUT2D eigenvalue weighted by atomic mass is 10.0. The molecular formula is C18H17FN4O3S. The highest BCUT2D eigenvalue weighted by atomic mass is 32.1. The number of rotatable bonds is 3. The van der Waals surface area contributed by atoms with E-state index in [2.05, 4.69) is 15.3 Å². The minimum absolute atomic E-state index is 0.0987. The van der Waals surface area contributed by atoms with Crippen molar-refractivity contribution in [1.82, 2.24) is 20.2 Å². The van der Waals surface area contributed by atoms with Crippen LogP contribution in [0.25, 0.3) is 11.0 Å². The molecule has 4 rings (SSSR count). The first-order chi connectivity index (χ1) is 13.0. The van der Waals surface area contributed by atoms with Crippen LogP contribution in [0, 0.1) is 10.6 Å². The highest BCUT2D eigenvalue weighted by molar-refractivity contribution is 7.71. The van der Waals surface area contributed by atoms with Crippen molar-refractivity contribution in [2.45, 2.75) is 18.9 Å². The lowest BCUT2D eigenvalue weighted by Gasteiger charge is -2.31. The molecule has 3 heterocycles. The lowest BCUT2D eigenvalue weighted by molar-refractivity contribution is 0.0667. The summed E-state index contributed by atoms with van der Waals surface area (Å²) in [5.41, 5.74) is 1.12. The standard InChI is InChI=1S/C18H17FN4O3S/c19-10-8-12(15-13(9-10)21-18(27)22-15)16(24)20-11-3-5-23(6-4-11)17(25)14-2-1-7-26-14/h1-2,7-9,11H,3-6H2,(H,20,24)(H2,21,22,27). The predicted octanol–water partition coefficient (Wildman–Crippen LogP) is 2.99. The second-order valence-corrected chi connectivity index (χ2v) is 6.88. The summed E-state index contributed by atoms with van der Waals surface area (Å²) in [5, 5.41) is 2.92. The van der Waals surface area contributed by atoms with E-state index >= 15 is 0 Å². The van der Waals surface area contributed by atoms with Gasteiger partial charge in [-0.25, -0.2) is 4.39 Å². The maximum Gasteiger partial charge on any atom is 0.289 e. The van der Waals surface area contributed by atoms with Gasteiger partial charge in [-0.1, -0.05) is 0 Å². The number of benzene rings is 1. The first kappa shape index (κ1) is 17.5. The SMILES string of the molecule is O=C(NC1CCN(C(=O)c2ccco2)CC1)c1cc(F)cc2[nH]c(=S)[nH]c12. The summed E-state index contributed by atoms with van der Waals surface area (Å²) in [5.74, 6) is -0.740. The van der Waals surface area contributed by atoms with Gasteiger partial charge < -0.3 is 24.6 Å². The highest BCUT2D eigenvalue weighted by Crippen LogP contribution is 2.19. The van der Waals surface area contributed by atoms with E-state index in [4.69, 9.17) is 16.6 Å². The third-order valence-corrected chi connectivity index (χ3v) is 4.89. The Balaban J connectivity index is 1.43. The molecule has 0 bridgehead atoms. The van der Waals surface area contributed by atoms with Gasteiger partial charge in [0.15, 0.2) is 10.5 Å². The van der Waals surface area contributed by atoms with E-state index < -0.39 is 5.82 Å². The molecule has 0 radical (unpaired) electrons. The Kier molecular flexibility index (Phi) is 4.53. The second-order valence-electron chi connectivity index (χ2n) is 6.47. The van der Waals surface area contributed by atoms with Gasteiger partial charge in [-0.2, -0.15) is 0 Å². The summed E-state index contributed by atoms with van der Waals surface area (Å²) in [4.78, 5) is 32.3. The molecule has 140 valence electrons. The van der Waals surface area contributed by atoms with Crippen LogP contribution in [0.5, 0.6) is 0 Å². The van der Waals surface area contributed by atoms with Gasteiger partial charge in [0.05, 0.1) is 22.9 Å². The van der Waals surface area contributed by atoms with Crippen LogP contribution in [0.4, 0.5) is 4.39 Å². The van der Waals surface area contributed by atoms with Crippen LogP contribution in [0.15, 0.2) is 34.9 Å². The minimum Gasteiger partial charge on any atom is -0.459 e. The van der Waals surface area contributed by atoms with Crippen LogP contribution in [0.3, 0.4) is 0 Å². The maximum atomic E-state index is 13.8. The molecule has 0 saturated carbocycles. The van der Waals surface area contributed by atoms with Crippen molar-refractivity contribution in [3.63, 3.8) is 0 Å². The third kappa shape index (κ3) is 3.50. The van der Waals surface area contributed by atoms with Crippen molar-refractivity contribution in [3.05, 3.63) is 52.4 Å². The normalized spacial score (nSPS) is 15.2. The third-order valence-electron chi connectivity index (χ3n) is 4.68. The average molecular weight is 388 g/mol. The van der Waals surface area contributed by atoms with E-state index in [1.807, 2.05) is 0 Å². The summed E-state index contributed by atoms with van der Waals surface area (Å²) >= 11 is 5.02. The van der Waals surface area contributed by atoms with Crippen molar-refractivity contribution in [2.24, 2.45) is 0 Å². The number of halogens is 1. The molecule has 1 saturated heterocycles. The Labute approximate surface area is 158 Å². The number of hydrogen-bond acceptors (Lipinski definition) is 4. The number of likely N-dealkylation sites (tertiary alicyclic amines) is 1. The van der Waals surface area contributed by atoms with Crippen LogP contribution < -0.4 is 5.32 Å². The van der Waals surface area contributed by atoms with Gasteiger partial charge in [-0.15, -0.1) is 0 Å². The zero-order valence-electron chi connectivity index (χ0n) is 14.3. The number of imidazole rings is 1. The molecule has 0 spiro atoms. The van der Waals surface area contributed by atoms with Crippen molar-refractivity contribution >= 4 is 35.1 Å². The number of aromatic nitrogens is 2. The van der Waals surface area contributed by atoms with E-state index in [1.54, 1.807) is 17.0 Å². The van der Waals surface area contributed by atoms with Crippen LogP contribution in [0.1, 0.15) is 33.8 Å². The smallest absolute Gasteiger partial charge is 0.289 e. The molecule has 1 aliphatic rings. The van der Waals surface area contributed by atoms with Crippen LogP contribution >= 0.6 is 12.2 Å². The molecule has 3 N–H and O–H groups in total. The number of amides is 2. The maximum absolute atomic E-state index is 13.8. The van der Waals surface area contributed by atoms with Gasteiger partial charge in [0.1, 0.15) is 5.82 Å². The van der Waals surface area contributed by atoms with Crippen LogP contribution in [0.2, 0.25) is 0 Å². The largest absolute Gasteiger partial charge is 0.459 e. The highest BCUT2D eigenvalue weighted by Gasteiger charge is 2.26. The van der Waals surface area contributed by atoms with Crippen molar-refractivity contribution in [2.75, 3.05) is 13.1 Å². The fourth-order valence-electron chi connectivity index (χ4n) is 3.33. The first-order valence-corrected chi connectivity index (χ1v) is 8.97. The topological polar surface area (TPSA) is 94.1 Å². The van der Waals surface area contributed by atoms with Crippen molar-refractivity contribution < 1.29 is 18.4 Å². The molecule has 2 amide bonds. The van der Waals surface area contributed by atoms with E-state index in [0.29, 0.717) is 47.5 Å². The zero-order valence-corrected chi connectivity index (χ0v) is 15.1. The molecule has 27 heavy (non-hydrogen) atoms. The van der Waals surface area contributed by atoms with Gasteiger partial charge in [0, 0.05) is 19.1 Å². The summed E-state index contributed by atoms with van der Waals surface area (Å²) in [6, 6.07) is 5.68. The average Bonchev–Trinajstić information content (AvgIpc) is 3.30. The number of aromatic amines is 2. The predicted molar refractivity (Wildman–Crippen MR) is 98.5 cm³/mol. The second kappa shape index (κ2) is 6.99. The van der Waals surface area contributed by atoms with Gasteiger partial charge >= 0.3 is 0 Å². The number of H-pyrrole nitrogens is 2. The van der Waals surface area contributed by atoms with Gasteiger partial charge in [0.25, 0.3) is 11.8 Å². The van der Waals surface area contributed by atoms with E-state index in [1.165, 1.54) is 18.4 Å². The molecule has 9 heteroatoms. The molecular weight excluding hydrogens is 371 g/mol. The molecule has 0 unspecified atom stereocenters. The number of hydrogen-bond donors (Lipinski definition) is 3. The van der Waals surface area contributed by atoms with Crippen molar-refractivity contribution in [3.8, 4) is 0 Å². The summed E-state index contributed by atoms with van der Waals surface area (Å²) in [6.07, 6.45) is 2.69. The number of nitrogens with zero attached hydrogens (tertiary/aromatic N) is 1. The number of fused-ring (bicyclic) bond motifs is 1. The quantitative estimate of drug-likeness (QED) is 0.601. The Morgan fingerprint density at radius 1 is 1.26 bits per heavy atom. The first-order valence-electron chi connectivity index (χ1n) is 8.56. The fourth-order valence-corrected chi connectivity index (χ4v) is 3.54. The molecule has 1 fully saturated rings. The number of carbonyl (C=O) groups is 2. The lowest BCUT2D eigenvalue weighted by Crippen LogP contribution is -2.46. The Bertz CT molecular complexity index is 1050. The fraction of sp³-hybridized carbons (Fsp3) is 0.278. The van der Waals surface area contributed by atoms with Gasteiger partial charge in [-0.05, 0) is 49.3 Å². The Morgan fingerprint density at radius 3 is 2.74 bits per heavy atom. The molecule has 0 aliphatic carbocycles. The monoisotopic (exact) mass is 388 g/mol. The summed E-state index contributed by atoms with van der Waals surface area (Å²) in [6.45, 7) is 1.02. The minimum atomic E-state index is -0.517. The molecule has 7 nitrogen and oxygen atoms in total. The molecule has 0 atom stereocenters. The van der Waals surface area contributed by atoms with Gasteiger partial charge in [-0.3, -0.25) is 9.59 Å². The summed E-state index contributed by atoms with van der Waals surface area (Å²) < 4.78 is 19.3. The van der Waals surface area contributed by atoms with Crippen LogP contribution in [-0.2, 0) is 0 Å². The van der Waals surface area contributed by atoms with Crippen molar-refractivity contribution in [1.29, 1.82) is 0 Å². The molecule has 2 aromatic heterocycles. The van der Waals surface area contributed by atoms with E-state index in [-0.39, 0.29) is 23.4 Å². The van der Waals surface area contributed by atoms with Crippen LogP contribution in [-0.4, -0.2) is 45.8 Å². The van der Waals surface area contributed by atoms with E-state index in [9.17, 15) is 14.0 Å². The van der Waals surface area contributed by atoms with Gasteiger partial charge in [0.2, 0.25) is 0 Å². The molecule has 1 aromatic carbocycles. The number of piperidine rings is 1. The molecule has 1 aliphatic heterocycles. The summed E-state index contributed by atoms with van der Waals surface area (Å²) in [7, 11) is 0. The van der Waals surface area contributed by atoms with E-state index in [0.717, 1.165) is 0 Å². The number of nitrogens with one attached hydrogen (secondary N) is 3. The Morgan fingerprint density at radius 2 is 2.04 bits per heavy atom. The zero-order chi connectivity index (χ0) is 19.0. The Hall–Kier alpha value is -2.94. The number of furan rings is 1. The molecule has 3 aromatic rings.